The van der Waals surface area contributed by atoms with Crippen molar-refractivity contribution in [2.24, 2.45) is 11.8 Å². The molecule has 0 saturated heterocycles. The van der Waals surface area contributed by atoms with Crippen molar-refractivity contribution in [1.82, 2.24) is 9.55 Å². The molecule has 0 aromatic carbocycles. The molecule has 0 amide bonds. The molecule has 1 heterocycles. The zero-order valence-electron chi connectivity index (χ0n) is 8.48. The van der Waals surface area contributed by atoms with Crippen LogP contribution in [0.25, 0.3) is 0 Å². The van der Waals surface area contributed by atoms with Gasteiger partial charge in [-0.3, -0.25) is 0 Å². The van der Waals surface area contributed by atoms with E-state index in [0.29, 0.717) is 11.7 Å². The van der Waals surface area contributed by atoms with Crippen LogP contribution in [0.2, 0.25) is 0 Å². The number of rotatable bonds is 3. The van der Waals surface area contributed by atoms with Gasteiger partial charge in [-0.25, -0.2) is 4.98 Å². The molecule has 3 nitrogen and oxygen atoms in total. The SMILES string of the molecule is CC(Cn1ccnc1C#N)C1CCC1. The van der Waals surface area contributed by atoms with E-state index >= 15 is 0 Å². The van der Waals surface area contributed by atoms with Crippen LogP contribution in [0.3, 0.4) is 0 Å². The molecule has 1 unspecified atom stereocenters. The molecule has 1 saturated carbocycles. The van der Waals surface area contributed by atoms with Crippen molar-refractivity contribution in [1.29, 1.82) is 5.26 Å². The van der Waals surface area contributed by atoms with Crippen LogP contribution in [0.4, 0.5) is 0 Å². The number of hydrogen-bond donors (Lipinski definition) is 0. The third kappa shape index (κ3) is 1.65. The van der Waals surface area contributed by atoms with Crippen LogP contribution in [0, 0.1) is 23.2 Å². The predicted molar refractivity (Wildman–Crippen MR) is 53.4 cm³/mol. The van der Waals surface area contributed by atoms with E-state index in [1.807, 2.05) is 10.8 Å². The Labute approximate surface area is 84.4 Å². The van der Waals surface area contributed by atoms with E-state index < -0.39 is 0 Å². The summed E-state index contributed by atoms with van der Waals surface area (Å²) in [5.41, 5.74) is 0. The first-order valence-corrected chi connectivity index (χ1v) is 5.22. The van der Waals surface area contributed by atoms with Crippen molar-refractivity contribution in [3.05, 3.63) is 18.2 Å². The summed E-state index contributed by atoms with van der Waals surface area (Å²) in [6, 6.07) is 2.11. The summed E-state index contributed by atoms with van der Waals surface area (Å²) in [5.74, 6) is 2.07. The topological polar surface area (TPSA) is 41.6 Å². The molecule has 1 aliphatic carbocycles. The molecule has 74 valence electrons. The molecule has 0 N–H and O–H groups in total. The average Bonchev–Trinajstić information content (AvgIpc) is 2.48. The molecule has 1 aromatic heterocycles. The van der Waals surface area contributed by atoms with E-state index in [0.717, 1.165) is 12.5 Å². The summed E-state index contributed by atoms with van der Waals surface area (Å²) in [6.07, 6.45) is 7.69. The molecule has 1 fully saturated rings. The minimum Gasteiger partial charge on any atom is -0.322 e. The van der Waals surface area contributed by atoms with E-state index in [9.17, 15) is 0 Å². The van der Waals surface area contributed by atoms with Crippen LogP contribution in [-0.4, -0.2) is 9.55 Å². The first kappa shape index (κ1) is 9.26. The van der Waals surface area contributed by atoms with Crippen molar-refractivity contribution < 1.29 is 0 Å². The summed E-state index contributed by atoms with van der Waals surface area (Å²) in [6.45, 7) is 3.21. The largest absolute Gasteiger partial charge is 0.322 e. The quantitative estimate of drug-likeness (QED) is 0.731. The maximum absolute atomic E-state index is 8.80. The minimum absolute atomic E-state index is 0.538. The normalized spacial score (nSPS) is 18.6. The third-order valence-corrected chi connectivity index (χ3v) is 3.25. The lowest BCUT2D eigenvalue weighted by molar-refractivity contribution is 0.200. The molecule has 1 aliphatic rings. The van der Waals surface area contributed by atoms with Crippen LogP contribution in [0.15, 0.2) is 12.4 Å². The highest BCUT2D eigenvalue weighted by molar-refractivity contribution is 5.11. The Kier molecular flexibility index (Phi) is 2.53. The van der Waals surface area contributed by atoms with E-state index in [4.69, 9.17) is 5.26 Å². The standard InChI is InChI=1S/C11H15N3/c1-9(10-3-2-4-10)8-14-6-5-13-11(14)7-12/h5-6,9-10H,2-4,8H2,1H3. The van der Waals surface area contributed by atoms with Gasteiger partial charge < -0.3 is 4.57 Å². The Bertz CT molecular complexity index is 344. The number of nitriles is 1. The Balaban J connectivity index is 1.99. The van der Waals surface area contributed by atoms with Gasteiger partial charge in [0, 0.05) is 18.9 Å². The smallest absolute Gasteiger partial charge is 0.212 e. The van der Waals surface area contributed by atoms with Crippen molar-refractivity contribution in [3.8, 4) is 6.07 Å². The average molecular weight is 189 g/mol. The first-order chi connectivity index (χ1) is 6.81. The Hall–Kier alpha value is -1.30. The van der Waals surface area contributed by atoms with Crippen LogP contribution >= 0.6 is 0 Å². The highest BCUT2D eigenvalue weighted by Crippen LogP contribution is 2.33. The number of imidazole rings is 1. The van der Waals surface area contributed by atoms with E-state index in [2.05, 4.69) is 18.0 Å². The minimum atomic E-state index is 0.538. The predicted octanol–water partition coefficient (Wildman–Crippen LogP) is 2.19. The zero-order chi connectivity index (χ0) is 9.97. The molecule has 3 heteroatoms. The fraction of sp³-hybridized carbons (Fsp3) is 0.636. The molecule has 0 spiro atoms. The second-order valence-electron chi connectivity index (χ2n) is 4.18. The molecule has 14 heavy (non-hydrogen) atoms. The molecule has 1 aromatic rings. The number of aromatic nitrogens is 2. The molecule has 1 atom stereocenters. The summed E-state index contributed by atoms with van der Waals surface area (Å²) < 4.78 is 1.96. The van der Waals surface area contributed by atoms with Gasteiger partial charge >= 0.3 is 0 Å². The molecule has 0 radical (unpaired) electrons. The van der Waals surface area contributed by atoms with Crippen molar-refractivity contribution in [2.45, 2.75) is 32.7 Å². The van der Waals surface area contributed by atoms with Gasteiger partial charge in [0.05, 0.1) is 0 Å². The van der Waals surface area contributed by atoms with Crippen LogP contribution in [0.1, 0.15) is 32.0 Å². The summed E-state index contributed by atoms with van der Waals surface area (Å²) >= 11 is 0. The molecule has 2 rings (SSSR count). The number of nitrogens with zero attached hydrogens (tertiary/aromatic N) is 3. The fourth-order valence-corrected chi connectivity index (χ4v) is 2.04. The van der Waals surface area contributed by atoms with Crippen molar-refractivity contribution in [3.63, 3.8) is 0 Å². The summed E-state index contributed by atoms with van der Waals surface area (Å²) in [7, 11) is 0. The van der Waals surface area contributed by atoms with Crippen molar-refractivity contribution >= 4 is 0 Å². The van der Waals surface area contributed by atoms with Gasteiger partial charge in [-0.1, -0.05) is 26.2 Å². The maximum Gasteiger partial charge on any atom is 0.212 e. The number of hydrogen-bond acceptors (Lipinski definition) is 2. The fourth-order valence-electron chi connectivity index (χ4n) is 2.04. The third-order valence-electron chi connectivity index (χ3n) is 3.25. The van der Waals surface area contributed by atoms with Gasteiger partial charge in [0.1, 0.15) is 6.07 Å². The van der Waals surface area contributed by atoms with Crippen LogP contribution in [-0.2, 0) is 6.54 Å². The highest BCUT2D eigenvalue weighted by Gasteiger charge is 2.24. The van der Waals surface area contributed by atoms with Gasteiger partial charge in [0.2, 0.25) is 5.82 Å². The Morgan fingerprint density at radius 1 is 1.71 bits per heavy atom. The van der Waals surface area contributed by atoms with Gasteiger partial charge in [0.15, 0.2) is 0 Å². The monoisotopic (exact) mass is 189 g/mol. The first-order valence-electron chi connectivity index (χ1n) is 5.22. The van der Waals surface area contributed by atoms with E-state index in [1.54, 1.807) is 6.20 Å². The van der Waals surface area contributed by atoms with Crippen LogP contribution in [0.5, 0.6) is 0 Å². The van der Waals surface area contributed by atoms with Gasteiger partial charge in [-0.05, 0) is 11.8 Å². The second kappa shape index (κ2) is 3.83. The van der Waals surface area contributed by atoms with Crippen molar-refractivity contribution in [2.75, 3.05) is 0 Å². The van der Waals surface area contributed by atoms with E-state index in [1.165, 1.54) is 19.3 Å². The lowest BCUT2D eigenvalue weighted by Crippen LogP contribution is -2.23. The molecular weight excluding hydrogens is 174 g/mol. The Morgan fingerprint density at radius 2 is 2.50 bits per heavy atom. The lowest BCUT2D eigenvalue weighted by Gasteiger charge is -2.31. The molecule has 0 aliphatic heterocycles. The summed E-state index contributed by atoms with van der Waals surface area (Å²) in [4.78, 5) is 3.99. The zero-order valence-corrected chi connectivity index (χ0v) is 8.48. The van der Waals surface area contributed by atoms with Gasteiger partial charge in [-0.15, -0.1) is 0 Å². The second-order valence-corrected chi connectivity index (χ2v) is 4.18. The van der Waals surface area contributed by atoms with Gasteiger partial charge in [-0.2, -0.15) is 5.26 Å². The molecule has 0 bridgehead atoms. The highest BCUT2D eigenvalue weighted by atomic mass is 15.1. The molecular formula is C11H15N3. The maximum atomic E-state index is 8.80. The Morgan fingerprint density at radius 3 is 3.07 bits per heavy atom. The lowest BCUT2D eigenvalue weighted by atomic mass is 9.77. The van der Waals surface area contributed by atoms with E-state index in [-0.39, 0.29) is 0 Å². The van der Waals surface area contributed by atoms with Gasteiger partial charge in [0.25, 0.3) is 0 Å². The summed E-state index contributed by atoms with van der Waals surface area (Å²) in [5, 5.41) is 8.80. The van der Waals surface area contributed by atoms with Crippen LogP contribution < -0.4 is 0 Å².